The van der Waals surface area contributed by atoms with Crippen LogP contribution in [0.1, 0.15) is 12.5 Å². The Morgan fingerprint density at radius 1 is 1.16 bits per heavy atom. The zero-order valence-electron chi connectivity index (χ0n) is 17.3. The molecule has 0 amide bonds. The van der Waals surface area contributed by atoms with Crippen molar-refractivity contribution >= 4 is 23.5 Å². The number of anilines is 1. The SMILES string of the molecule is C=CCOc1ccc(/C=C2\OC(Nc3ccccc3)=C(C(=O)OCC)C2=O)cc1OC. The van der Waals surface area contributed by atoms with Gasteiger partial charge in [-0.15, -0.1) is 0 Å². The maximum Gasteiger partial charge on any atom is 0.347 e. The number of hydrogen-bond acceptors (Lipinski definition) is 7. The van der Waals surface area contributed by atoms with Crippen molar-refractivity contribution < 1.29 is 28.5 Å². The third-order valence-electron chi connectivity index (χ3n) is 4.24. The number of methoxy groups -OCH3 is 1. The number of carbonyl (C=O) groups excluding carboxylic acids is 2. The molecule has 0 spiro atoms. The second-order valence-electron chi connectivity index (χ2n) is 6.37. The van der Waals surface area contributed by atoms with Gasteiger partial charge in [-0.3, -0.25) is 4.79 Å². The van der Waals surface area contributed by atoms with E-state index in [2.05, 4.69) is 11.9 Å². The van der Waals surface area contributed by atoms with Crippen LogP contribution in [0.2, 0.25) is 0 Å². The van der Waals surface area contributed by atoms with Crippen LogP contribution in [0.25, 0.3) is 6.08 Å². The summed E-state index contributed by atoms with van der Waals surface area (Å²) < 4.78 is 21.7. The molecule has 0 fully saturated rings. The molecule has 7 nitrogen and oxygen atoms in total. The fourth-order valence-corrected chi connectivity index (χ4v) is 2.85. The molecular formula is C24H23NO6. The second-order valence-corrected chi connectivity index (χ2v) is 6.37. The number of Topliss-reactive ketones (excluding diaryl/α,β-unsaturated/α-hetero) is 1. The van der Waals surface area contributed by atoms with Gasteiger partial charge in [0, 0.05) is 5.69 Å². The maximum atomic E-state index is 12.9. The van der Waals surface area contributed by atoms with E-state index in [1.165, 1.54) is 13.2 Å². The summed E-state index contributed by atoms with van der Waals surface area (Å²) in [6.45, 7) is 5.76. The quantitative estimate of drug-likeness (QED) is 0.283. The van der Waals surface area contributed by atoms with Crippen molar-refractivity contribution in [2.24, 2.45) is 0 Å². The van der Waals surface area contributed by atoms with Gasteiger partial charge in [0.05, 0.1) is 13.7 Å². The largest absolute Gasteiger partial charge is 0.493 e. The zero-order chi connectivity index (χ0) is 22.2. The van der Waals surface area contributed by atoms with Crippen molar-refractivity contribution in [1.29, 1.82) is 0 Å². The molecule has 7 heteroatoms. The molecule has 0 unspecified atom stereocenters. The average Bonchev–Trinajstić information content (AvgIpc) is 3.08. The lowest BCUT2D eigenvalue weighted by Gasteiger charge is -2.10. The molecule has 1 aliphatic rings. The van der Waals surface area contributed by atoms with Gasteiger partial charge in [0.25, 0.3) is 0 Å². The lowest BCUT2D eigenvalue weighted by molar-refractivity contribution is -0.139. The number of esters is 1. The Balaban J connectivity index is 1.91. The monoisotopic (exact) mass is 421 g/mol. The minimum absolute atomic E-state index is 0.0108. The van der Waals surface area contributed by atoms with Gasteiger partial charge in [-0.05, 0) is 42.8 Å². The third-order valence-corrected chi connectivity index (χ3v) is 4.24. The first kappa shape index (κ1) is 21.7. The van der Waals surface area contributed by atoms with E-state index in [0.29, 0.717) is 29.4 Å². The zero-order valence-corrected chi connectivity index (χ0v) is 17.3. The summed E-state index contributed by atoms with van der Waals surface area (Å²) in [5.41, 5.74) is 1.11. The Kier molecular flexibility index (Phi) is 7.11. The highest BCUT2D eigenvalue weighted by Gasteiger charge is 2.37. The second kappa shape index (κ2) is 10.2. The number of rotatable bonds is 9. The minimum atomic E-state index is -0.750. The number of hydrogen-bond donors (Lipinski definition) is 1. The molecule has 0 bridgehead atoms. The molecule has 31 heavy (non-hydrogen) atoms. The molecule has 0 saturated heterocycles. The molecule has 2 aromatic carbocycles. The predicted molar refractivity (Wildman–Crippen MR) is 116 cm³/mol. The highest BCUT2D eigenvalue weighted by atomic mass is 16.5. The van der Waals surface area contributed by atoms with Crippen LogP contribution in [-0.2, 0) is 19.1 Å². The van der Waals surface area contributed by atoms with Crippen LogP contribution in [0.3, 0.4) is 0 Å². The first-order valence-electron chi connectivity index (χ1n) is 9.66. The predicted octanol–water partition coefficient (Wildman–Crippen LogP) is 4.09. The van der Waals surface area contributed by atoms with Gasteiger partial charge >= 0.3 is 5.97 Å². The Bertz CT molecular complexity index is 1040. The highest BCUT2D eigenvalue weighted by molar-refractivity contribution is 6.26. The molecule has 0 saturated carbocycles. The molecule has 0 aliphatic carbocycles. The lowest BCUT2D eigenvalue weighted by Crippen LogP contribution is -2.16. The summed E-state index contributed by atoms with van der Waals surface area (Å²) in [6, 6.07) is 14.2. The first-order valence-corrected chi connectivity index (χ1v) is 9.66. The number of allylic oxidation sites excluding steroid dienone is 1. The van der Waals surface area contributed by atoms with Crippen molar-refractivity contribution in [2.75, 3.05) is 25.6 Å². The van der Waals surface area contributed by atoms with Gasteiger partial charge in [-0.25, -0.2) is 4.79 Å². The first-order chi connectivity index (χ1) is 15.1. The van der Waals surface area contributed by atoms with E-state index >= 15 is 0 Å². The maximum absolute atomic E-state index is 12.9. The molecule has 1 N–H and O–H groups in total. The van der Waals surface area contributed by atoms with Crippen LogP contribution in [0.15, 0.2) is 78.4 Å². The Labute approximate surface area is 180 Å². The molecule has 1 heterocycles. The number of nitrogens with one attached hydrogen (secondary N) is 1. The summed E-state index contributed by atoms with van der Waals surface area (Å²) in [7, 11) is 1.52. The van der Waals surface area contributed by atoms with Gasteiger partial charge in [-0.2, -0.15) is 0 Å². The lowest BCUT2D eigenvalue weighted by atomic mass is 10.1. The van der Waals surface area contributed by atoms with Crippen LogP contribution in [0.5, 0.6) is 11.5 Å². The van der Waals surface area contributed by atoms with Crippen LogP contribution in [0.4, 0.5) is 5.69 Å². The molecule has 0 atom stereocenters. The van der Waals surface area contributed by atoms with Gasteiger partial charge in [0.2, 0.25) is 11.7 Å². The van der Waals surface area contributed by atoms with E-state index in [1.807, 2.05) is 18.2 Å². The summed E-state index contributed by atoms with van der Waals surface area (Å²) in [5.74, 6) is -0.271. The summed E-state index contributed by atoms with van der Waals surface area (Å²) in [6.07, 6.45) is 3.16. The topological polar surface area (TPSA) is 83.1 Å². The normalized spacial score (nSPS) is 14.3. The van der Waals surface area contributed by atoms with Crippen molar-refractivity contribution in [1.82, 2.24) is 0 Å². The number of carbonyl (C=O) groups is 2. The smallest absolute Gasteiger partial charge is 0.347 e. The molecule has 2 aromatic rings. The van der Waals surface area contributed by atoms with E-state index in [1.54, 1.807) is 43.3 Å². The molecule has 160 valence electrons. The number of benzene rings is 2. The van der Waals surface area contributed by atoms with Crippen molar-refractivity contribution in [3.05, 3.63) is 84.0 Å². The average molecular weight is 421 g/mol. The van der Waals surface area contributed by atoms with E-state index in [4.69, 9.17) is 18.9 Å². The van der Waals surface area contributed by atoms with Crippen molar-refractivity contribution in [2.45, 2.75) is 6.92 Å². The molecule has 0 radical (unpaired) electrons. The summed E-state index contributed by atoms with van der Waals surface area (Å²) in [5, 5.41) is 2.97. The third kappa shape index (κ3) is 5.14. The molecular weight excluding hydrogens is 398 g/mol. The van der Waals surface area contributed by atoms with Crippen LogP contribution < -0.4 is 14.8 Å². The van der Waals surface area contributed by atoms with Crippen LogP contribution in [-0.4, -0.2) is 32.1 Å². The van der Waals surface area contributed by atoms with E-state index in [0.717, 1.165) is 0 Å². The van der Waals surface area contributed by atoms with E-state index in [9.17, 15) is 9.59 Å². The molecule has 1 aliphatic heterocycles. The molecule has 3 rings (SSSR count). The standard InChI is InChI=1S/C24H23NO6/c1-4-13-30-18-12-11-16(14-19(18)28-3)15-20-22(26)21(24(27)29-5-2)23(31-20)25-17-9-7-6-8-10-17/h4,6-12,14-15,25H,1,5,13H2,2-3H3/b20-15-. The van der Waals surface area contributed by atoms with Gasteiger partial charge < -0.3 is 24.3 Å². The number of ketones is 1. The fraction of sp³-hybridized carbons (Fsp3) is 0.167. The minimum Gasteiger partial charge on any atom is -0.493 e. The Morgan fingerprint density at radius 3 is 2.61 bits per heavy atom. The van der Waals surface area contributed by atoms with Crippen molar-refractivity contribution in [3.63, 3.8) is 0 Å². The summed E-state index contributed by atoms with van der Waals surface area (Å²) in [4.78, 5) is 25.3. The van der Waals surface area contributed by atoms with Crippen LogP contribution in [0, 0.1) is 0 Å². The van der Waals surface area contributed by atoms with Gasteiger partial charge in [-0.1, -0.05) is 36.9 Å². The Morgan fingerprint density at radius 2 is 1.94 bits per heavy atom. The number of para-hydroxylation sites is 1. The Hall–Kier alpha value is -4.00. The van der Waals surface area contributed by atoms with Gasteiger partial charge in [0.15, 0.2) is 22.8 Å². The van der Waals surface area contributed by atoms with E-state index < -0.39 is 11.8 Å². The highest BCUT2D eigenvalue weighted by Crippen LogP contribution is 2.32. The van der Waals surface area contributed by atoms with E-state index in [-0.39, 0.29) is 23.8 Å². The molecule has 0 aromatic heterocycles. The fourth-order valence-electron chi connectivity index (χ4n) is 2.85. The van der Waals surface area contributed by atoms with Crippen LogP contribution >= 0.6 is 0 Å². The van der Waals surface area contributed by atoms with Gasteiger partial charge in [0.1, 0.15) is 6.61 Å². The van der Waals surface area contributed by atoms with Crippen molar-refractivity contribution in [3.8, 4) is 11.5 Å². The number of ether oxygens (including phenoxy) is 4. The summed E-state index contributed by atoms with van der Waals surface area (Å²) >= 11 is 0.